The van der Waals surface area contributed by atoms with Crippen LogP contribution in [-0.2, 0) is 0 Å². The molecule has 0 radical (unpaired) electrons. The van der Waals surface area contributed by atoms with Gasteiger partial charge in [0.05, 0.1) is 7.05 Å². The Kier molecular flexibility index (Phi) is 1.53. The van der Waals surface area contributed by atoms with Gasteiger partial charge in [0, 0.05) is 0 Å². The standard InChI is InChI=1S/C4H7IN2/c1-4-3-7(2)5-6-4/h3H,1-2H3/p+1. The van der Waals surface area contributed by atoms with Crippen molar-refractivity contribution in [2.24, 2.45) is 3.15 Å². The number of nitrogens with one attached hydrogen (secondary N) is 1. The van der Waals surface area contributed by atoms with Crippen LogP contribution in [0.5, 0.6) is 0 Å². The molecule has 0 amide bonds. The lowest BCUT2D eigenvalue weighted by Crippen LogP contribution is -2.93. The highest BCUT2D eigenvalue weighted by Gasteiger charge is 2.02. The van der Waals surface area contributed by atoms with Crippen molar-refractivity contribution in [1.82, 2.24) is 0 Å². The van der Waals surface area contributed by atoms with E-state index in [1.165, 1.54) is 8.81 Å². The van der Waals surface area contributed by atoms with Crippen molar-refractivity contribution in [2.75, 3.05) is 7.05 Å². The lowest BCUT2D eigenvalue weighted by molar-refractivity contribution is -0.615. The monoisotopic (exact) mass is 211 g/mol. The van der Waals surface area contributed by atoms with Gasteiger partial charge in [0.15, 0.2) is 0 Å². The molecule has 0 saturated carbocycles. The summed E-state index contributed by atoms with van der Waals surface area (Å²) in [6, 6.07) is 0. The second-order valence-corrected chi connectivity index (χ2v) is 4.21. The van der Waals surface area contributed by atoms with Gasteiger partial charge >= 0.3 is 0 Å². The maximum Gasteiger partial charge on any atom is 0.278 e. The van der Waals surface area contributed by atoms with Gasteiger partial charge in [-0.1, -0.05) is 0 Å². The lowest BCUT2D eigenvalue weighted by Gasteiger charge is -1.85. The van der Waals surface area contributed by atoms with Gasteiger partial charge in [-0.15, -0.1) is 0 Å². The first-order valence-corrected chi connectivity index (χ1v) is 4.20. The van der Waals surface area contributed by atoms with E-state index in [2.05, 4.69) is 23.3 Å². The van der Waals surface area contributed by atoms with E-state index in [0.717, 1.165) is 0 Å². The van der Waals surface area contributed by atoms with Gasteiger partial charge < -0.3 is 0 Å². The van der Waals surface area contributed by atoms with Crippen LogP contribution in [0, 0.1) is 0 Å². The lowest BCUT2D eigenvalue weighted by atomic mass is 10.6. The zero-order chi connectivity index (χ0) is 5.28. The molecule has 0 aromatic heterocycles. The molecule has 1 aliphatic rings. The van der Waals surface area contributed by atoms with E-state index in [-0.39, 0.29) is 21.3 Å². The first-order valence-electron chi connectivity index (χ1n) is 2.16. The summed E-state index contributed by atoms with van der Waals surface area (Å²) in [4.78, 5) is 0. The molecule has 1 aliphatic heterocycles. The zero-order valence-electron chi connectivity index (χ0n) is 4.40. The van der Waals surface area contributed by atoms with Gasteiger partial charge in [-0.3, -0.25) is 0 Å². The average molecular weight is 211 g/mol. The van der Waals surface area contributed by atoms with E-state index in [0.29, 0.717) is 0 Å². The van der Waals surface area contributed by atoms with E-state index < -0.39 is 0 Å². The average Bonchev–Trinajstić information content (AvgIpc) is 1.87. The van der Waals surface area contributed by atoms with Crippen LogP contribution < -0.4 is 3.11 Å². The molecule has 2 nitrogen and oxygen atoms in total. The maximum atomic E-state index is 4.25. The fourth-order valence-electron chi connectivity index (χ4n) is 0.470. The molecule has 0 fully saturated rings. The molecular weight excluding hydrogens is 203 g/mol. The molecule has 1 unspecified atom stereocenters. The van der Waals surface area contributed by atoms with Crippen molar-refractivity contribution in [2.45, 2.75) is 6.92 Å². The molecule has 1 rings (SSSR count). The topological polar surface area (TPSA) is 16.8 Å². The minimum atomic E-state index is 0.0883. The number of hydrogen-bond acceptors (Lipinski definition) is 1. The molecule has 0 aromatic carbocycles. The van der Waals surface area contributed by atoms with Crippen molar-refractivity contribution in [3.05, 3.63) is 11.9 Å². The third kappa shape index (κ3) is 1.31. The summed E-state index contributed by atoms with van der Waals surface area (Å²) >= 11 is 0.0883. The number of rotatable bonds is 0. The van der Waals surface area contributed by atoms with Crippen molar-refractivity contribution < 1.29 is 3.11 Å². The van der Waals surface area contributed by atoms with Crippen LogP contribution in [0.2, 0.25) is 0 Å². The Morgan fingerprint density at radius 1 is 1.86 bits per heavy atom. The van der Waals surface area contributed by atoms with E-state index in [4.69, 9.17) is 0 Å². The minimum Gasteiger partial charge on any atom is -0.246 e. The second kappa shape index (κ2) is 2.00. The molecule has 1 heterocycles. The summed E-state index contributed by atoms with van der Waals surface area (Å²) in [6.45, 7) is 2.05. The van der Waals surface area contributed by atoms with Crippen molar-refractivity contribution in [3.63, 3.8) is 0 Å². The quantitative estimate of drug-likeness (QED) is 0.442. The fraction of sp³-hybridized carbons (Fsp3) is 0.500. The third-order valence-corrected chi connectivity index (χ3v) is 2.79. The molecule has 40 valence electrons. The van der Waals surface area contributed by atoms with Crippen LogP contribution in [0.1, 0.15) is 6.92 Å². The van der Waals surface area contributed by atoms with Gasteiger partial charge in [0.25, 0.3) is 21.3 Å². The van der Waals surface area contributed by atoms with E-state index in [9.17, 15) is 0 Å². The Labute approximate surface area is 53.7 Å². The Morgan fingerprint density at radius 2 is 2.57 bits per heavy atom. The van der Waals surface area contributed by atoms with Crippen LogP contribution in [0.3, 0.4) is 0 Å². The normalized spacial score (nSPS) is 29.4. The predicted molar refractivity (Wildman–Crippen MR) is 37.1 cm³/mol. The van der Waals surface area contributed by atoms with Crippen molar-refractivity contribution in [1.29, 1.82) is 0 Å². The number of allylic oxidation sites excluding steroid dienone is 1. The highest BCUT2D eigenvalue weighted by molar-refractivity contribution is 14.1. The summed E-state index contributed by atoms with van der Waals surface area (Å²) in [5.41, 5.74) is 1.21. The van der Waals surface area contributed by atoms with E-state index in [1.807, 2.05) is 0 Å². The molecule has 1 atom stereocenters. The third-order valence-electron chi connectivity index (χ3n) is 0.717. The van der Waals surface area contributed by atoms with E-state index >= 15 is 0 Å². The SMILES string of the molecule is CC1=C[NH+](C)I=N1. The van der Waals surface area contributed by atoms with Crippen molar-refractivity contribution >= 4 is 21.3 Å². The molecular formula is C4H8IN2+. The molecule has 7 heavy (non-hydrogen) atoms. The first kappa shape index (κ1) is 5.37. The Morgan fingerprint density at radius 3 is 2.71 bits per heavy atom. The van der Waals surface area contributed by atoms with Crippen LogP contribution in [0.25, 0.3) is 0 Å². The summed E-state index contributed by atoms with van der Waals surface area (Å²) in [5, 5.41) is 0. The smallest absolute Gasteiger partial charge is 0.246 e. The molecule has 0 bridgehead atoms. The number of halogens is 1. The van der Waals surface area contributed by atoms with Gasteiger partial charge in [0.1, 0.15) is 11.9 Å². The second-order valence-electron chi connectivity index (χ2n) is 1.54. The van der Waals surface area contributed by atoms with Crippen LogP contribution >= 0.6 is 21.3 Å². The zero-order valence-corrected chi connectivity index (χ0v) is 6.56. The van der Waals surface area contributed by atoms with Crippen LogP contribution in [0.4, 0.5) is 0 Å². The van der Waals surface area contributed by atoms with Gasteiger partial charge in [0.2, 0.25) is 0 Å². The van der Waals surface area contributed by atoms with Crippen LogP contribution in [0.15, 0.2) is 15.0 Å². The maximum absolute atomic E-state index is 4.25. The Bertz CT molecular complexity index is 128. The predicted octanol–water partition coefficient (Wildman–Crippen LogP) is 0.445. The van der Waals surface area contributed by atoms with Gasteiger partial charge in [-0.05, 0) is 6.92 Å². The Hall–Kier alpha value is 0.230. The fourth-order valence-corrected chi connectivity index (χ4v) is 1.96. The summed E-state index contributed by atoms with van der Waals surface area (Å²) in [7, 11) is 2.15. The molecule has 0 saturated heterocycles. The Balaban J connectivity index is 2.69. The van der Waals surface area contributed by atoms with Gasteiger partial charge in [-0.2, -0.15) is 3.15 Å². The molecule has 3 heteroatoms. The summed E-state index contributed by atoms with van der Waals surface area (Å²) in [5.74, 6) is 0. The van der Waals surface area contributed by atoms with Crippen molar-refractivity contribution in [3.8, 4) is 0 Å². The minimum absolute atomic E-state index is 0.0883. The van der Waals surface area contributed by atoms with Gasteiger partial charge in [-0.25, -0.2) is 3.11 Å². The largest absolute Gasteiger partial charge is 0.278 e. The summed E-state index contributed by atoms with van der Waals surface area (Å²) < 4.78 is 5.73. The molecule has 1 N–H and O–H groups in total. The highest BCUT2D eigenvalue weighted by Crippen LogP contribution is 2.03. The molecule has 0 aliphatic carbocycles. The number of quaternary nitrogens is 1. The van der Waals surface area contributed by atoms with E-state index in [1.54, 1.807) is 0 Å². The molecule has 0 spiro atoms. The summed E-state index contributed by atoms with van der Waals surface area (Å²) in [6.07, 6.45) is 2.16. The highest BCUT2D eigenvalue weighted by atomic mass is 127. The molecule has 0 aromatic rings. The number of nitrogens with zero attached hydrogens (tertiary/aromatic N) is 1. The van der Waals surface area contributed by atoms with Crippen LogP contribution in [-0.4, -0.2) is 7.05 Å². The first-order chi connectivity index (χ1) is 3.29. The number of hydrogen-bond donors (Lipinski definition) is 1.